The summed E-state index contributed by atoms with van der Waals surface area (Å²) < 4.78 is 0. The summed E-state index contributed by atoms with van der Waals surface area (Å²) in [6, 6.07) is 37.3. The van der Waals surface area contributed by atoms with Crippen LogP contribution >= 0.6 is 11.6 Å². The van der Waals surface area contributed by atoms with Gasteiger partial charge in [-0.3, -0.25) is 9.59 Å². The first-order valence-electron chi connectivity index (χ1n) is 14.5. The average molecular weight is 565 g/mol. The van der Waals surface area contributed by atoms with Crippen LogP contribution in [0.15, 0.2) is 115 Å². The summed E-state index contributed by atoms with van der Waals surface area (Å²) in [6.07, 6.45) is 4.89. The van der Waals surface area contributed by atoms with E-state index in [1.54, 1.807) is 4.90 Å². The first-order valence-corrected chi connectivity index (χ1v) is 14.9. The van der Waals surface area contributed by atoms with Crippen molar-refractivity contribution in [3.05, 3.63) is 143 Å². The Morgan fingerprint density at radius 3 is 1.90 bits per heavy atom. The van der Waals surface area contributed by atoms with E-state index in [2.05, 4.69) is 29.6 Å². The highest BCUT2D eigenvalue weighted by Gasteiger charge is 2.33. The molecule has 5 heteroatoms. The van der Waals surface area contributed by atoms with E-state index in [9.17, 15) is 9.59 Å². The summed E-state index contributed by atoms with van der Waals surface area (Å²) in [4.78, 5) is 30.3. The molecule has 2 amide bonds. The van der Waals surface area contributed by atoms with Crippen LogP contribution in [-0.4, -0.2) is 28.8 Å². The highest BCUT2D eigenvalue weighted by Crippen LogP contribution is 2.30. The lowest BCUT2D eigenvalue weighted by Crippen LogP contribution is -2.52. The lowest BCUT2D eigenvalue weighted by molar-refractivity contribution is -0.141. The van der Waals surface area contributed by atoms with Gasteiger partial charge in [0.05, 0.1) is 0 Å². The maximum absolute atomic E-state index is 14.5. The van der Waals surface area contributed by atoms with E-state index in [4.69, 9.17) is 11.6 Å². The van der Waals surface area contributed by atoms with Crippen LogP contribution in [0.3, 0.4) is 0 Å². The van der Waals surface area contributed by atoms with Gasteiger partial charge in [0, 0.05) is 36.4 Å². The molecule has 210 valence electrons. The van der Waals surface area contributed by atoms with Crippen molar-refractivity contribution < 1.29 is 9.59 Å². The van der Waals surface area contributed by atoms with Gasteiger partial charge in [-0.05, 0) is 47.2 Å². The third-order valence-corrected chi connectivity index (χ3v) is 8.23. The van der Waals surface area contributed by atoms with Crippen molar-refractivity contribution in [3.63, 3.8) is 0 Å². The van der Waals surface area contributed by atoms with Crippen LogP contribution in [0.5, 0.6) is 0 Å². The molecular weight excluding hydrogens is 528 g/mol. The van der Waals surface area contributed by atoms with E-state index in [-0.39, 0.29) is 30.2 Å². The second-order valence-electron chi connectivity index (χ2n) is 10.9. The molecule has 5 rings (SSSR count). The van der Waals surface area contributed by atoms with Gasteiger partial charge in [0.2, 0.25) is 11.8 Å². The van der Waals surface area contributed by atoms with E-state index in [0.29, 0.717) is 18.0 Å². The molecule has 0 spiro atoms. The number of nitrogens with zero attached hydrogens (tertiary/aromatic N) is 1. The zero-order valence-corrected chi connectivity index (χ0v) is 24.0. The van der Waals surface area contributed by atoms with Crippen molar-refractivity contribution >= 4 is 23.4 Å². The summed E-state index contributed by atoms with van der Waals surface area (Å²) >= 11 is 6.35. The predicted molar refractivity (Wildman–Crippen MR) is 166 cm³/mol. The van der Waals surface area contributed by atoms with E-state index in [1.165, 1.54) is 0 Å². The van der Waals surface area contributed by atoms with Crippen LogP contribution in [0.2, 0.25) is 5.02 Å². The zero-order valence-electron chi connectivity index (χ0n) is 23.3. The molecule has 0 bridgehead atoms. The first-order chi connectivity index (χ1) is 20.1. The summed E-state index contributed by atoms with van der Waals surface area (Å²) in [6.45, 7) is 0.297. The van der Waals surface area contributed by atoms with Gasteiger partial charge in [-0.1, -0.05) is 128 Å². The van der Waals surface area contributed by atoms with E-state index in [1.807, 2.05) is 91.0 Å². The smallest absolute Gasteiger partial charge is 0.243 e. The largest absolute Gasteiger partial charge is 0.352 e. The number of rotatable bonds is 11. The second kappa shape index (κ2) is 14.1. The molecule has 1 aliphatic rings. The Kier molecular flexibility index (Phi) is 9.87. The van der Waals surface area contributed by atoms with Gasteiger partial charge >= 0.3 is 0 Å². The molecule has 1 N–H and O–H groups in total. The summed E-state index contributed by atoms with van der Waals surface area (Å²) in [5.41, 5.74) is 4.06. The standard InChI is InChI=1S/C36H37ClN2O2/c37-31-20-12-15-28(23-31)26-39(34(24-27-13-4-1-5-14-27)36(41)38-32-21-10-11-22-32)35(40)25-33(29-16-6-2-7-17-29)30-18-8-3-9-19-30/h1-9,12-20,23,32-34H,10-11,21-22,24-26H2,(H,38,41)/t34-/m1/s1. The summed E-state index contributed by atoms with van der Waals surface area (Å²) in [5.74, 6) is -0.292. The molecule has 1 fully saturated rings. The number of nitrogens with one attached hydrogen (secondary N) is 1. The number of carbonyl (C=O) groups excluding carboxylic acids is 2. The molecule has 1 aliphatic carbocycles. The topological polar surface area (TPSA) is 49.4 Å². The Labute approximate surface area is 248 Å². The fourth-order valence-electron chi connectivity index (χ4n) is 5.84. The SMILES string of the molecule is O=C(NC1CCCC1)[C@@H](Cc1ccccc1)N(Cc1cccc(Cl)c1)C(=O)CC(c1ccccc1)c1ccccc1. The molecule has 1 atom stereocenters. The van der Waals surface area contributed by atoms with Gasteiger partial charge in [0.1, 0.15) is 6.04 Å². The zero-order chi connectivity index (χ0) is 28.4. The Balaban J connectivity index is 1.51. The van der Waals surface area contributed by atoms with Gasteiger partial charge in [-0.15, -0.1) is 0 Å². The van der Waals surface area contributed by atoms with Crippen LogP contribution < -0.4 is 5.32 Å². The van der Waals surface area contributed by atoms with Gasteiger partial charge < -0.3 is 10.2 Å². The monoisotopic (exact) mass is 564 g/mol. The molecular formula is C36H37ClN2O2. The van der Waals surface area contributed by atoms with Crippen LogP contribution in [0, 0.1) is 0 Å². The van der Waals surface area contributed by atoms with Gasteiger partial charge in [-0.2, -0.15) is 0 Å². The predicted octanol–water partition coefficient (Wildman–Crippen LogP) is 7.56. The van der Waals surface area contributed by atoms with Gasteiger partial charge in [0.15, 0.2) is 0 Å². The lowest BCUT2D eigenvalue weighted by Gasteiger charge is -2.33. The molecule has 0 aromatic heterocycles. The Morgan fingerprint density at radius 2 is 1.32 bits per heavy atom. The highest BCUT2D eigenvalue weighted by molar-refractivity contribution is 6.30. The van der Waals surface area contributed by atoms with Crippen LogP contribution in [0.1, 0.15) is 60.3 Å². The molecule has 4 nitrogen and oxygen atoms in total. The molecule has 0 heterocycles. The minimum absolute atomic E-state index is 0.0646. The third kappa shape index (κ3) is 7.86. The number of hydrogen-bond donors (Lipinski definition) is 1. The minimum Gasteiger partial charge on any atom is -0.352 e. The fourth-order valence-corrected chi connectivity index (χ4v) is 6.06. The third-order valence-electron chi connectivity index (χ3n) is 8.00. The highest BCUT2D eigenvalue weighted by atomic mass is 35.5. The maximum atomic E-state index is 14.5. The maximum Gasteiger partial charge on any atom is 0.243 e. The number of carbonyl (C=O) groups is 2. The molecule has 0 saturated heterocycles. The Hall–Kier alpha value is -3.89. The normalized spacial score (nSPS) is 14.1. The fraction of sp³-hybridized carbons (Fsp3) is 0.278. The Bertz CT molecular complexity index is 1370. The van der Waals surface area contributed by atoms with Crippen molar-refractivity contribution in [2.24, 2.45) is 0 Å². The molecule has 4 aromatic rings. The van der Waals surface area contributed by atoms with Crippen molar-refractivity contribution in [1.29, 1.82) is 0 Å². The Morgan fingerprint density at radius 1 is 0.756 bits per heavy atom. The molecule has 0 radical (unpaired) electrons. The number of amides is 2. The first kappa shape index (κ1) is 28.6. The summed E-state index contributed by atoms with van der Waals surface area (Å²) in [5, 5.41) is 3.90. The minimum atomic E-state index is -0.656. The lowest BCUT2D eigenvalue weighted by atomic mass is 9.87. The van der Waals surface area contributed by atoms with Crippen molar-refractivity contribution in [2.45, 2.75) is 63.1 Å². The molecule has 0 unspecified atom stereocenters. The van der Waals surface area contributed by atoms with Crippen LogP contribution in [-0.2, 0) is 22.6 Å². The van der Waals surface area contributed by atoms with E-state index >= 15 is 0 Å². The van der Waals surface area contributed by atoms with Crippen LogP contribution in [0.25, 0.3) is 0 Å². The molecule has 1 saturated carbocycles. The average Bonchev–Trinajstić information content (AvgIpc) is 3.52. The van der Waals surface area contributed by atoms with E-state index in [0.717, 1.165) is 47.9 Å². The second-order valence-corrected chi connectivity index (χ2v) is 11.4. The summed E-state index contributed by atoms with van der Waals surface area (Å²) in [7, 11) is 0. The van der Waals surface area contributed by atoms with E-state index < -0.39 is 6.04 Å². The number of hydrogen-bond acceptors (Lipinski definition) is 2. The van der Waals surface area contributed by atoms with Gasteiger partial charge in [0.25, 0.3) is 0 Å². The van der Waals surface area contributed by atoms with Crippen molar-refractivity contribution in [1.82, 2.24) is 10.2 Å². The van der Waals surface area contributed by atoms with Crippen molar-refractivity contribution in [3.8, 4) is 0 Å². The number of benzene rings is 4. The van der Waals surface area contributed by atoms with Crippen molar-refractivity contribution in [2.75, 3.05) is 0 Å². The molecule has 4 aromatic carbocycles. The molecule has 41 heavy (non-hydrogen) atoms. The van der Waals surface area contributed by atoms with Crippen LogP contribution in [0.4, 0.5) is 0 Å². The quantitative estimate of drug-likeness (QED) is 0.204. The molecule has 0 aliphatic heterocycles. The number of halogens is 1. The van der Waals surface area contributed by atoms with Gasteiger partial charge in [-0.25, -0.2) is 0 Å².